The summed E-state index contributed by atoms with van der Waals surface area (Å²) < 4.78 is 0. The van der Waals surface area contributed by atoms with Crippen LogP contribution in [0.15, 0.2) is 182 Å². The molecule has 0 aliphatic heterocycles. The number of hydrogen-bond donors (Lipinski definition) is 0. The number of aromatic nitrogens is 1. The van der Waals surface area contributed by atoms with Gasteiger partial charge < -0.3 is 0 Å². The first-order chi connectivity index (χ1) is 26.7. The zero-order chi connectivity index (χ0) is 36.0. The average Bonchev–Trinajstić information content (AvgIpc) is 3.25. The second-order valence-electron chi connectivity index (χ2n) is 14.3. The minimum absolute atomic E-state index is 0.962. The molecule has 0 fully saturated rings. The van der Waals surface area contributed by atoms with Crippen molar-refractivity contribution in [3.05, 3.63) is 199 Å². The summed E-state index contributed by atoms with van der Waals surface area (Å²) in [4.78, 5) is 7.46. The summed E-state index contributed by atoms with van der Waals surface area (Å²) in [5.41, 5.74) is 13.3. The summed E-state index contributed by atoms with van der Waals surface area (Å²) in [6, 6.07) is 62.2. The van der Waals surface area contributed by atoms with Crippen LogP contribution in [0.4, 0.5) is 17.2 Å². The van der Waals surface area contributed by atoms with Gasteiger partial charge in [0.05, 0.1) is 0 Å². The maximum Gasteiger partial charge on any atom is 0.141 e. The van der Waals surface area contributed by atoms with Crippen molar-refractivity contribution in [1.29, 1.82) is 0 Å². The van der Waals surface area contributed by atoms with Crippen LogP contribution in [0.1, 0.15) is 23.1 Å². The molecule has 0 saturated carbocycles. The number of hydrogen-bond acceptors (Lipinski definition) is 2. The van der Waals surface area contributed by atoms with Crippen molar-refractivity contribution >= 4 is 55.6 Å². The van der Waals surface area contributed by atoms with E-state index in [2.05, 4.69) is 194 Å². The number of rotatable bonds is 6. The van der Waals surface area contributed by atoms with E-state index >= 15 is 0 Å². The minimum atomic E-state index is 0.962. The molecule has 256 valence electrons. The van der Waals surface area contributed by atoms with Crippen LogP contribution in [0.3, 0.4) is 0 Å². The number of pyridine rings is 1. The molecule has 9 aromatic rings. The maximum atomic E-state index is 5.10. The molecule has 2 nitrogen and oxygen atoms in total. The van der Waals surface area contributed by atoms with E-state index in [4.69, 9.17) is 4.98 Å². The van der Waals surface area contributed by atoms with Crippen LogP contribution in [0.2, 0.25) is 0 Å². The number of nitrogens with zero attached hydrogens (tertiary/aromatic N) is 2. The highest BCUT2D eigenvalue weighted by molar-refractivity contribution is 6.33. The Morgan fingerprint density at radius 1 is 0.500 bits per heavy atom. The van der Waals surface area contributed by atoms with Gasteiger partial charge in [-0.2, -0.15) is 0 Å². The van der Waals surface area contributed by atoms with Gasteiger partial charge in [-0.15, -0.1) is 0 Å². The fraction of sp³-hybridized carbons (Fsp3) is 0.0577. The standard InChI is InChI=1S/C52H38N2/c1-35-25-27-40(28-26-35)54(52-42-22-12-11-19-38(42)31-32-53-52)41-29-30-45-48(33-41)43-23-13-14-24-44(43)50-47(37-17-7-3-8-18-37)34-46(36-15-5-2-6-16-36)49(51(45)50)39-20-9-4-10-21-39/h2-11,13-21,23-34H,12,22H2,1H3. The lowest BCUT2D eigenvalue weighted by Crippen LogP contribution is -2.15. The van der Waals surface area contributed by atoms with E-state index in [0.29, 0.717) is 0 Å². The van der Waals surface area contributed by atoms with Crippen LogP contribution in [0.5, 0.6) is 0 Å². The van der Waals surface area contributed by atoms with Crippen molar-refractivity contribution in [3.63, 3.8) is 0 Å². The Balaban J connectivity index is 1.36. The zero-order valence-corrected chi connectivity index (χ0v) is 30.2. The van der Waals surface area contributed by atoms with Crippen LogP contribution in [0.25, 0.3) is 71.8 Å². The third-order valence-electron chi connectivity index (χ3n) is 11.0. The predicted octanol–water partition coefficient (Wildman–Crippen LogP) is 14.3. The molecule has 54 heavy (non-hydrogen) atoms. The van der Waals surface area contributed by atoms with Crippen molar-refractivity contribution < 1.29 is 0 Å². The van der Waals surface area contributed by atoms with Crippen LogP contribution in [0, 0.1) is 6.92 Å². The van der Waals surface area contributed by atoms with E-state index in [1.54, 1.807) is 0 Å². The third kappa shape index (κ3) is 5.38. The highest BCUT2D eigenvalue weighted by atomic mass is 15.2. The Morgan fingerprint density at radius 2 is 1.11 bits per heavy atom. The number of benzene rings is 8. The van der Waals surface area contributed by atoms with Gasteiger partial charge in [-0.05, 0) is 127 Å². The van der Waals surface area contributed by atoms with Gasteiger partial charge in [0.25, 0.3) is 0 Å². The van der Waals surface area contributed by atoms with Gasteiger partial charge in [-0.25, -0.2) is 4.98 Å². The van der Waals surface area contributed by atoms with Gasteiger partial charge in [0.2, 0.25) is 0 Å². The molecule has 0 amide bonds. The maximum absolute atomic E-state index is 5.10. The molecule has 1 aliphatic rings. The lowest BCUT2D eigenvalue weighted by Gasteiger charge is -2.29. The molecule has 1 aromatic heterocycles. The van der Waals surface area contributed by atoms with Crippen molar-refractivity contribution in [1.82, 2.24) is 4.98 Å². The summed E-state index contributed by atoms with van der Waals surface area (Å²) in [5.74, 6) is 0.993. The summed E-state index contributed by atoms with van der Waals surface area (Å²) in [6.45, 7) is 2.15. The molecule has 0 radical (unpaired) electrons. The normalized spacial score (nSPS) is 12.3. The summed E-state index contributed by atoms with van der Waals surface area (Å²) in [5, 5.41) is 7.48. The number of fused-ring (bicyclic) bond motifs is 7. The van der Waals surface area contributed by atoms with Crippen LogP contribution in [-0.2, 0) is 6.42 Å². The molecule has 8 aromatic carbocycles. The van der Waals surface area contributed by atoms with Crippen molar-refractivity contribution in [2.45, 2.75) is 19.8 Å². The van der Waals surface area contributed by atoms with E-state index in [1.165, 1.54) is 82.4 Å². The summed E-state index contributed by atoms with van der Waals surface area (Å²) in [6.07, 6.45) is 8.45. The first kappa shape index (κ1) is 31.9. The largest absolute Gasteiger partial charge is 0.295 e. The molecular formula is C52H38N2. The Labute approximate surface area is 316 Å². The first-order valence-electron chi connectivity index (χ1n) is 18.9. The Bertz CT molecular complexity index is 2860. The van der Waals surface area contributed by atoms with E-state index < -0.39 is 0 Å². The second-order valence-corrected chi connectivity index (χ2v) is 14.3. The molecule has 0 atom stereocenters. The molecule has 1 heterocycles. The van der Waals surface area contributed by atoms with Crippen molar-refractivity contribution in [2.75, 3.05) is 4.90 Å². The highest BCUT2D eigenvalue weighted by Gasteiger charge is 2.24. The van der Waals surface area contributed by atoms with Gasteiger partial charge in [-0.1, -0.05) is 151 Å². The lowest BCUT2D eigenvalue weighted by atomic mass is 9.81. The highest BCUT2D eigenvalue weighted by Crippen LogP contribution is 2.50. The Hall–Kier alpha value is -6.77. The van der Waals surface area contributed by atoms with Gasteiger partial charge in [0, 0.05) is 23.1 Å². The third-order valence-corrected chi connectivity index (χ3v) is 11.0. The first-order valence-corrected chi connectivity index (χ1v) is 18.9. The second kappa shape index (κ2) is 13.3. The fourth-order valence-electron chi connectivity index (χ4n) is 8.50. The van der Waals surface area contributed by atoms with Crippen molar-refractivity contribution in [3.8, 4) is 33.4 Å². The molecule has 10 rings (SSSR count). The van der Waals surface area contributed by atoms with E-state index in [1.807, 2.05) is 6.20 Å². The van der Waals surface area contributed by atoms with E-state index in [0.717, 1.165) is 30.0 Å². The van der Waals surface area contributed by atoms with Gasteiger partial charge >= 0.3 is 0 Å². The predicted molar refractivity (Wildman–Crippen MR) is 230 cm³/mol. The fourth-order valence-corrected chi connectivity index (χ4v) is 8.50. The molecule has 0 spiro atoms. The van der Waals surface area contributed by atoms with Gasteiger partial charge in [0.15, 0.2) is 0 Å². The zero-order valence-electron chi connectivity index (χ0n) is 30.2. The quantitative estimate of drug-likeness (QED) is 0.161. The summed E-state index contributed by atoms with van der Waals surface area (Å²) in [7, 11) is 0. The van der Waals surface area contributed by atoms with Crippen molar-refractivity contribution in [2.24, 2.45) is 0 Å². The van der Waals surface area contributed by atoms with Crippen LogP contribution < -0.4 is 4.90 Å². The average molecular weight is 691 g/mol. The SMILES string of the molecule is Cc1ccc(N(c2ccc3c(c2)c2ccccc2c2c(-c4ccccc4)cc(-c4ccccc4)c(-c4ccccc4)c32)c2nccc3c2CCC=C3)cc1. The Kier molecular flexibility index (Phi) is 7.88. The number of aryl methyl sites for hydroxylation is 1. The molecular weight excluding hydrogens is 653 g/mol. The topological polar surface area (TPSA) is 16.1 Å². The molecule has 0 unspecified atom stereocenters. The molecule has 1 aliphatic carbocycles. The van der Waals surface area contributed by atoms with Gasteiger partial charge in [0.1, 0.15) is 5.82 Å². The van der Waals surface area contributed by atoms with Crippen LogP contribution >= 0.6 is 0 Å². The van der Waals surface area contributed by atoms with E-state index in [-0.39, 0.29) is 0 Å². The number of allylic oxidation sites excluding steroid dienone is 1. The monoisotopic (exact) mass is 690 g/mol. The molecule has 2 heteroatoms. The smallest absolute Gasteiger partial charge is 0.141 e. The van der Waals surface area contributed by atoms with Gasteiger partial charge in [-0.3, -0.25) is 4.90 Å². The Morgan fingerprint density at radius 3 is 1.83 bits per heavy atom. The molecule has 0 N–H and O–H groups in total. The molecule has 0 bridgehead atoms. The minimum Gasteiger partial charge on any atom is -0.295 e. The summed E-state index contributed by atoms with van der Waals surface area (Å²) >= 11 is 0. The van der Waals surface area contributed by atoms with E-state index in [9.17, 15) is 0 Å². The van der Waals surface area contributed by atoms with Crippen LogP contribution in [-0.4, -0.2) is 4.98 Å². The lowest BCUT2D eigenvalue weighted by molar-refractivity contribution is 0.961. The number of anilines is 3. The molecule has 0 saturated heterocycles.